The third-order valence-corrected chi connectivity index (χ3v) is 4.50. The maximum atomic E-state index is 14.1. The van der Waals surface area contributed by atoms with Crippen molar-refractivity contribution in [1.29, 1.82) is 0 Å². The van der Waals surface area contributed by atoms with Gasteiger partial charge in [0.05, 0.1) is 11.7 Å². The van der Waals surface area contributed by atoms with Crippen LogP contribution in [0.4, 0.5) is 4.39 Å². The Hall–Kier alpha value is -1.26. The largest absolute Gasteiger partial charge is 0.301 e. The molecule has 1 heterocycles. The Morgan fingerprint density at radius 2 is 2.05 bits per heavy atom. The normalized spacial score (nSPS) is 16.6. The van der Waals surface area contributed by atoms with Gasteiger partial charge in [-0.1, -0.05) is 32.0 Å². The van der Waals surface area contributed by atoms with Gasteiger partial charge in [0.1, 0.15) is 10.8 Å². The maximum Gasteiger partial charge on any atom is 0.128 e. The third-order valence-electron chi connectivity index (χ3n) is 3.57. The molecule has 0 radical (unpaired) electrons. The minimum absolute atomic E-state index is 0.124. The summed E-state index contributed by atoms with van der Waals surface area (Å²) < 4.78 is 14.1. The quantitative estimate of drug-likeness (QED) is 0.890. The second-order valence-electron chi connectivity index (χ2n) is 5.66. The highest BCUT2D eigenvalue weighted by Gasteiger charge is 2.29. The molecule has 1 N–H and O–H groups in total. The predicted octanol–water partition coefficient (Wildman–Crippen LogP) is 4.25. The van der Waals surface area contributed by atoms with Gasteiger partial charge in [-0.05, 0) is 24.8 Å². The van der Waals surface area contributed by atoms with Gasteiger partial charge in [-0.15, -0.1) is 11.3 Å². The first-order valence-electron chi connectivity index (χ1n) is 7.11. The Labute approximate surface area is 123 Å². The standard InChI is InChI=1S/C16H19FN2S/c1-10(2)14-9-20-16(19-14)15(18-11-7-8-11)12-5-3-4-6-13(12)17/h3-6,9-11,15,18H,7-8H2,1-2H3. The molecular weight excluding hydrogens is 271 g/mol. The summed E-state index contributed by atoms with van der Waals surface area (Å²) in [6.07, 6.45) is 2.35. The van der Waals surface area contributed by atoms with Gasteiger partial charge in [0.15, 0.2) is 0 Å². The average molecular weight is 290 g/mol. The number of benzene rings is 1. The summed E-state index contributed by atoms with van der Waals surface area (Å²) >= 11 is 1.62. The molecule has 0 amide bonds. The first-order chi connectivity index (χ1) is 9.65. The fourth-order valence-corrected chi connectivity index (χ4v) is 3.24. The second kappa shape index (κ2) is 5.62. The van der Waals surface area contributed by atoms with Gasteiger partial charge in [-0.25, -0.2) is 9.37 Å². The van der Waals surface area contributed by atoms with E-state index in [1.54, 1.807) is 17.4 Å². The van der Waals surface area contributed by atoms with Crippen molar-refractivity contribution in [3.8, 4) is 0 Å². The fourth-order valence-electron chi connectivity index (χ4n) is 2.19. The highest BCUT2D eigenvalue weighted by atomic mass is 32.1. The lowest BCUT2D eigenvalue weighted by Crippen LogP contribution is -2.25. The van der Waals surface area contributed by atoms with Crippen LogP contribution in [0.1, 0.15) is 54.9 Å². The van der Waals surface area contributed by atoms with Crippen LogP contribution in [-0.4, -0.2) is 11.0 Å². The van der Waals surface area contributed by atoms with Gasteiger partial charge in [-0.3, -0.25) is 0 Å². The minimum Gasteiger partial charge on any atom is -0.301 e. The highest BCUT2D eigenvalue weighted by Crippen LogP contribution is 2.32. The molecule has 1 unspecified atom stereocenters. The molecule has 0 spiro atoms. The molecule has 1 aliphatic carbocycles. The summed E-state index contributed by atoms with van der Waals surface area (Å²) in [4.78, 5) is 4.70. The molecule has 2 aromatic rings. The van der Waals surface area contributed by atoms with E-state index in [0.717, 1.165) is 10.7 Å². The summed E-state index contributed by atoms with van der Waals surface area (Å²) in [5, 5.41) is 6.57. The van der Waals surface area contributed by atoms with Gasteiger partial charge in [-0.2, -0.15) is 0 Å². The van der Waals surface area contributed by atoms with Crippen LogP contribution in [0.2, 0.25) is 0 Å². The van der Waals surface area contributed by atoms with Crippen LogP contribution in [0, 0.1) is 5.82 Å². The van der Waals surface area contributed by atoms with Crippen LogP contribution in [0.25, 0.3) is 0 Å². The topological polar surface area (TPSA) is 24.9 Å². The monoisotopic (exact) mass is 290 g/mol. The van der Waals surface area contributed by atoms with Gasteiger partial charge >= 0.3 is 0 Å². The van der Waals surface area contributed by atoms with E-state index in [1.165, 1.54) is 18.9 Å². The molecule has 20 heavy (non-hydrogen) atoms. The van der Waals surface area contributed by atoms with E-state index in [4.69, 9.17) is 4.98 Å². The zero-order valence-electron chi connectivity index (χ0n) is 11.8. The smallest absolute Gasteiger partial charge is 0.128 e. The molecule has 1 saturated carbocycles. The summed E-state index contributed by atoms with van der Waals surface area (Å²) in [5.74, 6) is 0.245. The summed E-state index contributed by atoms with van der Waals surface area (Å²) in [6.45, 7) is 4.26. The number of nitrogens with one attached hydrogen (secondary N) is 1. The Morgan fingerprint density at radius 1 is 1.30 bits per heavy atom. The van der Waals surface area contributed by atoms with Crippen LogP contribution >= 0.6 is 11.3 Å². The Morgan fingerprint density at radius 3 is 2.65 bits per heavy atom. The lowest BCUT2D eigenvalue weighted by molar-refractivity contribution is 0.543. The summed E-state index contributed by atoms with van der Waals surface area (Å²) in [7, 11) is 0. The lowest BCUT2D eigenvalue weighted by atomic mass is 10.1. The molecule has 1 aromatic heterocycles. The Bertz CT molecular complexity index is 590. The van der Waals surface area contributed by atoms with Crippen molar-refractivity contribution < 1.29 is 4.39 Å². The van der Waals surface area contributed by atoms with Crippen LogP contribution < -0.4 is 5.32 Å². The van der Waals surface area contributed by atoms with Crippen molar-refractivity contribution in [2.24, 2.45) is 0 Å². The minimum atomic E-state index is -0.160. The van der Waals surface area contributed by atoms with Gasteiger partial charge in [0.2, 0.25) is 0 Å². The Balaban J connectivity index is 1.94. The maximum absolute atomic E-state index is 14.1. The number of thiazole rings is 1. The molecule has 0 saturated heterocycles. The van der Waals surface area contributed by atoms with E-state index in [-0.39, 0.29) is 11.9 Å². The Kier molecular flexibility index (Phi) is 3.85. The predicted molar refractivity (Wildman–Crippen MR) is 80.6 cm³/mol. The SMILES string of the molecule is CC(C)c1csc(C(NC2CC2)c2ccccc2F)n1. The first kappa shape index (κ1) is 13.7. The number of aromatic nitrogens is 1. The molecule has 1 aromatic carbocycles. The average Bonchev–Trinajstić information content (AvgIpc) is 3.11. The molecule has 106 valence electrons. The van der Waals surface area contributed by atoms with Crippen molar-refractivity contribution in [1.82, 2.24) is 10.3 Å². The zero-order valence-corrected chi connectivity index (χ0v) is 12.6. The first-order valence-corrected chi connectivity index (χ1v) is 7.99. The lowest BCUT2D eigenvalue weighted by Gasteiger charge is -2.17. The van der Waals surface area contributed by atoms with E-state index in [0.29, 0.717) is 17.5 Å². The zero-order chi connectivity index (χ0) is 14.1. The molecule has 1 aliphatic rings. The molecular formula is C16H19FN2S. The van der Waals surface area contributed by atoms with Gasteiger partial charge in [0, 0.05) is 17.0 Å². The van der Waals surface area contributed by atoms with E-state index in [2.05, 4.69) is 24.5 Å². The number of rotatable bonds is 5. The number of hydrogen-bond acceptors (Lipinski definition) is 3. The van der Waals surface area contributed by atoms with Gasteiger partial charge < -0.3 is 5.32 Å². The van der Waals surface area contributed by atoms with E-state index < -0.39 is 0 Å². The van der Waals surface area contributed by atoms with Crippen LogP contribution in [-0.2, 0) is 0 Å². The van der Waals surface area contributed by atoms with Crippen LogP contribution in [0.5, 0.6) is 0 Å². The number of nitrogens with zero attached hydrogens (tertiary/aromatic N) is 1. The summed E-state index contributed by atoms with van der Waals surface area (Å²) in [5.41, 5.74) is 1.79. The highest BCUT2D eigenvalue weighted by molar-refractivity contribution is 7.09. The van der Waals surface area contributed by atoms with E-state index in [9.17, 15) is 4.39 Å². The van der Waals surface area contributed by atoms with Crippen molar-refractivity contribution in [3.63, 3.8) is 0 Å². The fraction of sp³-hybridized carbons (Fsp3) is 0.438. The van der Waals surface area contributed by atoms with Crippen LogP contribution in [0.15, 0.2) is 29.6 Å². The van der Waals surface area contributed by atoms with Crippen LogP contribution in [0.3, 0.4) is 0 Å². The van der Waals surface area contributed by atoms with E-state index >= 15 is 0 Å². The van der Waals surface area contributed by atoms with Gasteiger partial charge in [0.25, 0.3) is 0 Å². The van der Waals surface area contributed by atoms with Crippen molar-refractivity contribution in [2.75, 3.05) is 0 Å². The third kappa shape index (κ3) is 2.91. The molecule has 3 rings (SSSR count). The number of halogens is 1. The molecule has 2 nitrogen and oxygen atoms in total. The number of hydrogen-bond donors (Lipinski definition) is 1. The van der Waals surface area contributed by atoms with Crippen molar-refractivity contribution in [3.05, 3.63) is 51.7 Å². The summed E-state index contributed by atoms with van der Waals surface area (Å²) in [6, 6.07) is 7.37. The molecule has 4 heteroatoms. The van der Waals surface area contributed by atoms with Crippen molar-refractivity contribution >= 4 is 11.3 Å². The molecule has 1 atom stereocenters. The molecule has 0 bridgehead atoms. The van der Waals surface area contributed by atoms with Crippen molar-refractivity contribution in [2.45, 2.75) is 44.7 Å². The molecule has 1 fully saturated rings. The van der Waals surface area contributed by atoms with E-state index in [1.807, 2.05) is 12.1 Å². The second-order valence-corrected chi connectivity index (χ2v) is 6.55. The molecule has 0 aliphatic heterocycles.